The maximum atomic E-state index is 11.3. The second-order valence-electron chi connectivity index (χ2n) is 2.72. The highest BCUT2D eigenvalue weighted by molar-refractivity contribution is 6.37. The van der Waals surface area contributed by atoms with Gasteiger partial charge in [-0.05, 0) is 18.2 Å². The first-order valence-electron chi connectivity index (χ1n) is 3.75. The molecule has 1 aliphatic carbocycles. The van der Waals surface area contributed by atoms with E-state index in [0.29, 0.717) is 16.1 Å². The summed E-state index contributed by atoms with van der Waals surface area (Å²) in [4.78, 5) is 22.6. The van der Waals surface area contributed by atoms with Gasteiger partial charge in [0, 0.05) is 5.56 Å². The zero-order valence-electron chi connectivity index (χ0n) is 6.58. The minimum Gasteiger partial charge on any atom is -0.289 e. The third kappa shape index (κ3) is 1.19. The molecule has 2 rings (SSSR count). The first-order valence-corrected chi connectivity index (χ1v) is 4.13. The number of carbonyl (C=O) groups excluding carboxylic acids is 2. The summed E-state index contributed by atoms with van der Waals surface area (Å²) >= 11 is 5.80. The van der Waals surface area contributed by atoms with Crippen LogP contribution in [0.4, 0.5) is 0 Å². The Balaban J connectivity index is 2.76. The molecular formula is C10H5ClO2. The smallest absolute Gasteiger partial charge is 0.188 e. The third-order valence-electron chi connectivity index (χ3n) is 1.91. The lowest BCUT2D eigenvalue weighted by molar-refractivity contribution is 0.0994. The van der Waals surface area contributed by atoms with Gasteiger partial charge in [0.15, 0.2) is 11.6 Å². The van der Waals surface area contributed by atoms with Gasteiger partial charge >= 0.3 is 0 Å². The van der Waals surface area contributed by atoms with Gasteiger partial charge in [0.25, 0.3) is 0 Å². The predicted octanol–water partition coefficient (Wildman–Crippen LogP) is 2.28. The lowest BCUT2D eigenvalue weighted by atomic mass is 9.95. The van der Waals surface area contributed by atoms with E-state index in [1.807, 2.05) is 0 Å². The van der Waals surface area contributed by atoms with Crippen molar-refractivity contribution in [1.29, 1.82) is 0 Å². The molecule has 0 amide bonds. The Bertz CT molecular complexity index is 433. The van der Waals surface area contributed by atoms with Gasteiger partial charge in [-0.3, -0.25) is 9.59 Å². The first-order chi connectivity index (χ1) is 6.20. The van der Waals surface area contributed by atoms with Crippen molar-refractivity contribution in [3.8, 4) is 0 Å². The average molecular weight is 193 g/mol. The summed E-state index contributed by atoms with van der Waals surface area (Å²) in [5.41, 5.74) is 0.705. The molecule has 1 aliphatic rings. The summed E-state index contributed by atoms with van der Waals surface area (Å²) in [6.45, 7) is 0. The standard InChI is InChI=1S/C10H5ClO2/c11-7-3-1-2-6-8(12)4-5-9(13)10(6)7/h1-5H. The fraction of sp³-hybridized carbons (Fsp3) is 0. The largest absolute Gasteiger partial charge is 0.289 e. The molecule has 0 radical (unpaired) electrons. The normalized spacial score (nSPS) is 14.5. The zero-order chi connectivity index (χ0) is 9.42. The van der Waals surface area contributed by atoms with E-state index < -0.39 is 0 Å². The van der Waals surface area contributed by atoms with Crippen LogP contribution in [0.5, 0.6) is 0 Å². The van der Waals surface area contributed by atoms with E-state index in [4.69, 9.17) is 11.6 Å². The van der Waals surface area contributed by atoms with Crippen molar-refractivity contribution in [2.45, 2.75) is 0 Å². The van der Waals surface area contributed by atoms with Crippen LogP contribution in [0.15, 0.2) is 30.4 Å². The molecule has 1 aromatic carbocycles. The minimum absolute atomic E-state index is 0.169. The van der Waals surface area contributed by atoms with Crippen LogP contribution in [0.1, 0.15) is 20.7 Å². The number of rotatable bonds is 0. The Morgan fingerprint density at radius 1 is 1.00 bits per heavy atom. The van der Waals surface area contributed by atoms with Crippen LogP contribution in [-0.4, -0.2) is 11.6 Å². The summed E-state index contributed by atoms with van der Waals surface area (Å²) in [6, 6.07) is 4.86. The lowest BCUT2D eigenvalue weighted by Gasteiger charge is -2.09. The molecule has 0 fully saturated rings. The van der Waals surface area contributed by atoms with Gasteiger partial charge in [0.1, 0.15) is 0 Å². The summed E-state index contributed by atoms with van der Waals surface area (Å²) in [6.07, 6.45) is 2.51. The van der Waals surface area contributed by atoms with Crippen molar-refractivity contribution in [2.24, 2.45) is 0 Å². The van der Waals surface area contributed by atoms with Crippen LogP contribution in [0, 0.1) is 0 Å². The van der Waals surface area contributed by atoms with Crippen molar-refractivity contribution in [2.75, 3.05) is 0 Å². The number of carbonyl (C=O) groups is 2. The van der Waals surface area contributed by atoms with Gasteiger partial charge in [-0.2, -0.15) is 0 Å². The quantitative estimate of drug-likeness (QED) is 0.632. The van der Waals surface area contributed by atoms with Gasteiger partial charge in [0.2, 0.25) is 0 Å². The van der Waals surface area contributed by atoms with Crippen molar-refractivity contribution in [3.63, 3.8) is 0 Å². The number of fused-ring (bicyclic) bond motifs is 1. The number of allylic oxidation sites excluding steroid dienone is 2. The second kappa shape index (κ2) is 2.82. The topological polar surface area (TPSA) is 34.1 Å². The number of ketones is 2. The minimum atomic E-state index is -0.208. The van der Waals surface area contributed by atoms with E-state index in [9.17, 15) is 9.59 Å². The Labute approximate surface area is 79.8 Å². The van der Waals surface area contributed by atoms with Crippen LogP contribution in [0.3, 0.4) is 0 Å². The van der Waals surface area contributed by atoms with Crippen LogP contribution in [0.2, 0.25) is 5.02 Å². The maximum absolute atomic E-state index is 11.3. The van der Waals surface area contributed by atoms with Crippen molar-refractivity contribution < 1.29 is 9.59 Å². The molecule has 0 bridgehead atoms. The average Bonchev–Trinajstić information content (AvgIpc) is 2.12. The van der Waals surface area contributed by atoms with Crippen molar-refractivity contribution in [3.05, 3.63) is 46.5 Å². The van der Waals surface area contributed by atoms with E-state index in [1.165, 1.54) is 12.2 Å². The zero-order valence-corrected chi connectivity index (χ0v) is 7.34. The molecule has 0 spiro atoms. The van der Waals surface area contributed by atoms with Gasteiger partial charge in [-0.1, -0.05) is 23.7 Å². The van der Waals surface area contributed by atoms with E-state index in [1.54, 1.807) is 18.2 Å². The number of hydrogen-bond donors (Lipinski definition) is 0. The molecule has 0 saturated heterocycles. The summed E-state index contributed by atoms with van der Waals surface area (Å²) in [7, 11) is 0. The van der Waals surface area contributed by atoms with Gasteiger partial charge in [-0.15, -0.1) is 0 Å². The second-order valence-corrected chi connectivity index (χ2v) is 3.13. The molecule has 0 N–H and O–H groups in total. The predicted molar refractivity (Wildman–Crippen MR) is 49.3 cm³/mol. The molecular weight excluding hydrogens is 188 g/mol. The Morgan fingerprint density at radius 3 is 2.38 bits per heavy atom. The highest BCUT2D eigenvalue weighted by atomic mass is 35.5. The molecule has 0 unspecified atom stereocenters. The molecule has 2 nitrogen and oxygen atoms in total. The Morgan fingerprint density at radius 2 is 1.69 bits per heavy atom. The molecule has 0 saturated carbocycles. The van der Waals surface area contributed by atoms with Gasteiger partial charge < -0.3 is 0 Å². The molecule has 1 aromatic rings. The molecule has 0 heterocycles. The molecule has 0 aliphatic heterocycles. The fourth-order valence-corrected chi connectivity index (χ4v) is 1.57. The first kappa shape index (κ1) is 8.20. The molecule has 3 heteroatoms. The Kier molecular flexibility index (Phi) is 1.78. The highest BCUT2D eigenvalue weighted by Gasteiger charge is 2.20. The number of halogens is 1. The monoisotopic (exact) mass is 192 g/mol. The van der Waals surface area contributed by atoms with E-state index in [2.05, 4.69) is 0 Å². The number of benzene rings is 1. The molecule has 64 valence electrons. The summed E-state index contributed by atoms with van der Waals surface area (Å²) < 4.78 is 0. The van der Waals surface area contributed by atoms with Gasteiger partial charge in [0.05, 0.1) is 10.6 Å². The molecule has 0 atom stereocenters. The van der Waals surface area contributed by atoms with E-state index >= 15 is 0 Å². The van der Waals surface area contributed by atoms with E-state index in [0.717, 1.165) is 0 Å². The number of hydrogen-bond acceptors (Lipinski definition) is 2. The SMILES string of the molecule is O=C1C=CC(=O)c2c(Cl)cccc21. The summed E-state index contributed by atoms with van der Waals surface area (Å²) in [5.74, 6) is -0.377. The van der Waals surface area contributed by atoms with Gasteiger partial charge in [-0.25, -0.2) is 0 Å². The fourth-order valence-electron chi connectivity index (χ4n) is 1.30. The van der Waals surface area contributed by atoms with Crippen LogP contribution >= 0.6 is 11.6 Å². The van der Waals surface area contributed by atoms with Crippen molar-refractivity contribution in [1.82, 2.24) is 0 Å². The van der Waals surface area contributed by atoms with Crippen LogP contribution in [-0.2, 0) is 0 Å². The Hall–Kier alpha value is -1.41. The third-order valence-corrected chi connectivity index (χ3v) is 2.23. The summed E-state index contributed by atoms with van der Waals surface area (Å²) in [5, 5.41) is 0.334. The molecule has 13 heavy (non-hydrogen) atoms. The maximum Gasteiger partial charge on any atom is 0.188 e. The van der Waals surface area contributed by atoms with Crippen molar-refractivity contribution >= 4 is 23.2 Å². The van der Waals surface area contributed by atoms with Crippen LogP contribution < -0.4 is 0 Å². The lowest BCUT2D eigenvalue weighted by Crippen LogP contribution is -2.11. The van der Waals surface area contributed by atoms with Crippen LogP contribution in [0.25, 0.3) is 0 Å². The molecule has 0 aromatic heterocycles. The van der Waals surface area contributed by atoms with E-state index in [-0.39, 0.29) is 11.6 Å². The highest BCUT2D eigenvalue weighted by Crippen LogP contribution is 2.24.